The third-order valence-electron chi connectivity index (χ3n) is 5.56. The first-order chi connectivity index (χ1) is 15.3. The maximum atomic E-state index is 13.2. The van der Waals surface area contributed by atoms with Crippen LogP contribution in [0.5, 0.6) is 0 Å². The van der Waals surface area contributed by atoms with Gasteiger partial charge in [0.25, 0.3) is 5.69 Å². The van der Waals surface area contributed by atoms with Gasteiger partial charge in [0.2, 0.25) is 10.0 Å². The zero-order valence-electron chi connectivity index (χ0n) is 17.8. The highest BCUT2D eigenvalue weighted by Gasteiger charge is 2.31. The summed E-state index contributed by atoms with van der Waals surface area (Å²) in [6.45, 7) is 4.75. The molecule has 0 saturated carbocycles. The summed E-state index contributed by atoms with van der Waals surface area (Å²) in [5, 5.41) is 17.5. The standard InChI is InChI=1S/C22H24N4O4S2/c1-15(17-5-7-18(8-6-17)21-14-31-16(2)24-21)23-20-10-9-19(26(27)28)13-22(20)32(29,30)25-11-3-4-12-25/h5-10,13-15,23H,3-4,11-12H2,1-2H3. The zero-order chi connectivity index (χ0) is 22.9. The predicted molar refractivity (Wildman–Crippen MR) is 125 cm³/mol. The van der Waals surface area contributed by atoms with Crippen LogP contribution in [0, 0.1) is 17.0 Å². The fourth-order valence-electron chi connectivity index (χ4n) is 3.78. The van der Waals surface area contributed by atoms with E-state index in [1.807, 2.05) is 43.5 Å². The highest BCUT2D eigenvalue weighted by molar-refractivity contribution is 7.89. The van der Waals surface area contributed by atoms with Crippen LogP contribution in [0.3, 0.4) is 0 Å². The van der Waals surface area contributed by atoms with Gasteiger partial charge in [0, 0.05) is 42.2 Å². The first-order valence-corrected chi connectivity index (χ1v) is 12.7. The summed E-state index contributed by atoms with van der Waals surface area (Å²) in [5.74, 6) is 0. The van der Waals surface area contributed by atoms with Crippen molar-refractivity contribution in [1.29, 1.82) is 0 Å². The summed E-state index contributed by atoms with van der Waals surface area (Å²) in [5.41, 5.74) is 3.01. The third-order valence-corrected chi connectivity index (χ3v) is 8.27. The van der Waals surface area contributed by atoms with Gasteiger partial charge in [0.1, 0.15) is 4.90 Å². The average molecular weight is 473 g/mol. The van der Waals surface area contributed by atoms with Gasteiger partial charge in [-0.1, -0.05) is 24.3 Å². The molecule has 4 rings (SSSR count). The normalized spacial score (nSPS) is 15.6. The molecule has 2 heterocycles. The van der Waals surface area contributed by atoms with Crippen LogP contribution < -0.4 is 5.32 Å². The molecule has 0 bridgehead atoms. The zero-order valence-corrected chi connectivity index (χ0v) is 19.4. The minimum atomic E-state index is -3.83. The summed E-state index contributed by atoms with van der Waals surface area (Å²) in [4.78, 5) is 15.1. The largest absolute Gasteiger partial charge is 0.377 e. The minimum Gasteiger partial charge on any atom is -0.377 e. The van der Waals surface area contributed by atoms with Crippen molar-refractivity contribution in [2.24, 2.45) is 0 Å². The Morgan fingerprint density at radius 3 is 2.44 bits per heavy atom. The van der Waals surface area contributed by atoms with Gasteiger partial charge in [-0.2, -0.15) is 4.31 Å². The Labute approximate surface area is 191 Å². The van der Waals surface area contributed by atoms with E-state index in [1.165, 1.54) is 16.4 Å². The summed E-state index contributed by atoms with van der Waals surface area (Å²) >= 11 is 1.60. The number of hydrogen-bond acceptors (Lipinski definition) is 7. The Balaban J connectivity index is 1.62. The van der Waals surface area contributed by atoms with Crippen LogP contribution in [0.15, 0.2) is 52.7 Å². The van der Waals surface area contributed by atoms with Gasteiger partial charge in [-0.25, -0.2) is 13.4 Å². The van der Waals surface area contributed by atoms with Gasteiger partial charge in [-0.15, -0.1) is 11.3 Å². The van der Waals surface area contributed by atoms with Crippen LogP contribution in [0.1, 0.15) is 36.4 Å². The van der Waals surface area contributed by atoms with Gasteiger partial charge in [-0.05, 0) is 38.3 Å². The van der Waals surface area contributed by atoms with E-state index in [0.29, 0.717) is 18.8 Å². The summed E-state index contributed by atoms with van der Waals surface area (Å²) in [6.07, 6.45) is 1.58. The van der Waals surface area contributed by atoms with Crippen LogP contribution in [-0.2, 0) is 10.0 Å². The van der Waals surface area contributed by atoms with Crippen molar-refractivity contribution in [2.45, 2.75) is 37.6 Å². The van der Waals surface area contributed by atoms with Gasteiger partial charge >= 0.3 is 0 Å². The number of benzene rings is 2. The van der Waals surface area contributed by atoms with Gasteiger partial charge in [0.15, 0.2) is 0 Å². The van der Waals surface area contributed by atoms with Crippen molar-refractivity contribution < 1.29 is 13.3 Å². The fourth-order valence-corrected chi connectivity index (χ4v) is 6.09. The molecule has 1 fully saturated rings. The van der Waals surface area contributed by atoms with E-state index >= 15 is 0 Å². The van der Waals surface area contributed by atoms with Crippen LogP contribution in [-0.4, -0.2) is 35.7 Å². The topological polar surface area (TPSA) is 105 Å². The predicted octanol–water partition coefficient (Wildman–Crippen LogP) is 4.98. The Kier molecular flexibility index (Phi) is 6.27. The molecule has 1 aromatic heterocycles. The van der Waals surface area contributed by atoms with E-state index in [2.05, 4.69) is 10.3 Å². The molecule has 0 spiro atoms. The molecule has 1 N–H and O–H groups in total. The molecule has 168 valence electrons. The number of sulfonamides is 1. The lowest BCUT2D eigenvalue weighted by molar-refractivity contribution is -0.385. The van der Waals surface area contributed by atoms with E-state index in [1.54, 1.807) is 11.3 Å². The third kappa shape index (κ3) is 4.52. The molecule has 2 aromatic carbocycles. The molecule has 1 aliphatic heterocycles. The highest BCUT2D eigenvalue weighted by Crippen LogP contribution is 2.33. The van der Waals surface area contributed by atoms with Gasteiger partial charge in [0.05, 0.1) is 21.3 Å². The van der Waals surface area contributed by atoms with Crippen molar-refractivity contribution in [1.82, 2.24) is 9.29 Å². The molecule has 0 radical (unpaired) electrons. The van der Waals surface area contributed by atoms with Crippen LogP contribution in [0.2, 0.25) is 0 Å². The Morgan fingerprint density at radius 1 is 1.16 bits per heavy atom. The Bertz CT molecular complexity index is 1230. The SMILES string of the molecule is Cc1nc(-c2ccc(C(C)Nc3ccc([N+](=O)[O-])cc3S(=O)(=O)N3CCCC3)cc2)cs1. The molecule has 0 aliphatic carbocycles. The van der Waals surface area contributed by atoms with Gasteiger partial charge in [-0.3, -0.25) is 10.1 Å². The lowest BCUT2D eigenvalue weighted by Gasteiger charge is -2.21. The molecule has 1 saturated heterocycles. The summed E-state index contributed by atoms with van der Waals surface area (Å²) in [6, 6.07) is 11.7. The molecule has 0 amide bonds. The van der Waals surface area contributed by atoms with Crippen molar-refractivity contribution in [2.75, 3.05) is 18.4 Å². The maximum absolute atomic E-state index is 13.2. The smallest absolute Gasteiger partial charge is 0.270 e. The number of anilines is 1. The minimum absolute atomic E-state index is 0.0602. The number of hydrogen-bond donors (Lipinski definition) is 1. The molecular formula is C22H24N4O4S2. The number of nitrogens with one attached hydrogen (secondary N) is 1. The number of nitro groups is 1. The number of non-ortho nitro benzene ring substituents is 1. The second-order valence-corrected chi connectivity index (χ2v) is 10.8. The van der Waals surface area contributed by atoms with Crippen LogP contribution in [0.25, 0.3) is 11.3 Å². The lowest BCUT2D eigenvalue weighted by Crippen LogP contribution is -2.28. The molecule has 8 nitrogen and oxygen atoms in total. The van der Waals surface area contributed by atoms with E-state index in [0.717, 1.165) is 40.7 Å². The number of rotatable bonds is 7. The number of aryl methyl sites for hydroxylation is 1. The number of thiazole rings is 1. The van der Waals surface area contributed by atoms with Crippen LogP contribution >= 0.6 is 11.3 Å². The number of nitrogens with zero attached hydrogens (tertiary/aromatic N) is 3. The molecule has 3 aromatic rings. The Hall–Kier alpha value is -2.82. The first kappa shape index (κ1) is 22.4. The lowest BCUT2D eigenvalue weighted by atomic mass is 10.0. The van der Waals surface area contributed by atoms with Crippen molar-refractivity contribution >= 4 is 32.7 Å². The average Bonchev–Trinajstić information content (AvgIpc) is 3.46. The second-order valence-electron chi connectivity index (χ2n) is 7.79. The Morgan fingerprint density at radius 2 is 1.84 bits per heavy atom. The highest BCUT2D eigenvalue weighted by atomic mass is 32.2. The van der Waals surface area contributed by atoms with E-state index in [9.17, 15) is 18.5 Å². The monoisotopic (exact) mass is 472 g/mol. The maximum Gasteiger partial charge on any atom is 0.270 e. The molecular weight excluding hydrogens is 448 g/mol. The molecule has 10 heteroatoms. The molecule has 32 heavy (non-hydrogen) atoms. The number of aromatic nitrogens is 1. The van der Waals surface area contributed by atoms with Crippen molar-refractivity contribution in [3.05, 3.63) is 68.5 Å². The molecule has 1 atom stereocenters. The van der Waals surface area contributed by atoms with E-state index < -0.39 is 14.9 Å². The summed E-state index contributed by atoms with van der Waals surface area (Å²) in [7, 11) is -3.83. The molecule has 1 aliphatic rings. The van der Waals surface area contributed by atoms with Crippen molar-refractivity contribution in [3.8, 4) is 11.3 Å². The first-order valence-electron chi connectivity index (χ1n) is 10.3. The summed E-state index contributed by atoms with van der Waals surface area (Å²) < 4.78 is 27.8. The fraction of sp³-hybridized carbons (Fsp3) is 0.318. The van der Waals surface area contributed by atoms with Gasteiger partial charge < -0.3 is 5.32 Å². The molecule has 1 unspecified atom stereocenters. The quantitative estimate of drug-likeness (QED) is 0.384. The van der Waals surface area contributed by atoms with E-state index in [4.69, 9.17) is 0 Å². The van der Waals surface area contributed by atoms with Crippen molar-refractivity contribution in [3.63, 3.8) is 0 Å². The van der Waals surface area contributed by atoms with Crippen LogP contribution in [0.4, 0.5) is 11.4 Å². The second kappa shape index (κ2) is 8.97. The van der Waals surface area contributed by atoms with E-state index in [-0.39, 0.29) is 16.6 Å². The number of nitro benzene ring substituents is 1.